The molecule has 4 N–H and O–H groups in total. The van der Waals surface area contributed by atoms with Gasteiger partial charge in [0.2, 0.25) is 0 Å². The van der Waals surface area contributed by atoms with Crippen molar-refractivity contribution in [1.29, 1.82) is 0 Å². The normalized spacial score (nSPS) is 21.7. The Morgan fingerprint density at radius 2 is 1.15 bits per heavy atom. The Balaban J connectivity index is 2.34. The number of ether oxygens (including phenoxy) is 4. The Hall–Kier alpha value is -2.11. The van der Waals surface area contributed by atoms with Crippen molar-refractivity contribution < 1.29 is 44.2 Å². The van der Waals surface area contributed by atoms with Gasteiger partial charge in [-0.1, -0.05) is 126 Å². The van der Waals surface area contributed by atoms with Crippen molar-refractivity contribution in [2.24, 2.45) is 0 Å². The van der Waals surface area contributed by atoms with E-state index >= 15 is 0 Å². The molecule has 1 saturated heterocycles. The maximum absolute atomic E-state index is 12.7. The molecule has 0 amide bonds. The first-order valence-electron chi connectivity index (χ1n) is 20.9. The highest BCUT2D eigenvalue weighted by atomic mass is 16.7. The molecule has 0 spiro atoms. The number of esters is 1. The summed E-state index contributed by atoms with van der Waals surface area (Å²) in [5.41, 5.74) is 0. The van der Waals surface area contributed by atoms with E-state index in [1.54, 1.807) is 0 Å². The minimum Gasteiger partial charge on any atom is -0.457 e. The number of carbonyl (C=O) groups is 1. The molecule has 1 rings (SSSR count). The lowest BCUT2D eigenvalue weighted by Crippen LogP contribution is -2.59. The first kappa shape index (κ1) is 48.9. The van der Waals surface area contributed by atoms with Crippen LogP contribution in [0.2, 0.25) is 0 Å². The SMILES string of the molecule is CC/C=C\C/C=C\C/C=C\C/C=C\CCCCCOCC(COC1OC(CO)C(O)C(O)C1O)OC(=O)CCCCCCC/C=C\CCCCCCC. The van der Waals surface area contributed by atoms with Crippen molar-refractivity contribution in [1.82, 2.24) is 0 Å². The zero-order chi connectivity index (χ0) is 38.6. The molecule has 0 radical (unpaired) electrons. The molecule has 306 valence electrons. The summed E-state index contributed by atoms with van der Waals surface area (Å²) in [6, 6.07) is 0. The van der Waals surface area contributed by atoms with Crippen LogP contribution in [0.1, 0.15) is 149 Å². The predicted octanol–water partition coefficient (Wildman–Crippen LogP) is 8.74. The van der Waals surface area contributed by atoms with Crippen LogP contribution < -0.4 is 0 Å². The van der Waals surface area contributed by atoms with E-state index in [-0.39, 0.29) is 19.2 Å². The third-order valence-corrected chi connectivity index (χ3v) is 9.17. The molecule has 9 nitrogen and oxygen atoms in total. The topological polar surface area (TPSA) is 135 Å². The van der Waals surface area contributed by atoms with Crippen LogP contribution >= 0.6 is 0 Å². The molecule has 0 aliphatic carbocycles. The van der Waals surface area contributed by atoms with E-state index in [2.05, 4.69) is 74.6 Å². The number of aliphatic hydroxyl groups excluding tert-OH is 4. The van der Waals surface area contributed by atoms with Crippen LogP contribution in [-0.4, -0.2) is 89.6 Å². The van der Waals surface area contributed by atoms with E-state index in [4.69, 9.17) is 18.9 Å². The third kappa shape index (κ3) is 27.2. The summed E-state index contributed by atoms with van der Waals surface area (Å²) in [6.45, 7) is 4.33. The molecule has 9 heteroatoms. The summed E-state index contributed by atoms with van der Waals surface area (Å²) >= 11 is 0. The van der Waals surface area contributed by atoms with E-state index in [9.17, 15) is 25.2 Å². The van der Waals surface area contributed by atoms with Gasteiger partial charge in [-0.3, -0.25) is 4.79 Å². The van der Waals surface area contributed by atoms with Gasteiger partial charge in [-0.25, -0.2) is 0 Å². The average molecular weight is 749 g/mol. The average Bonchev–Trinajstić information content (AvgIpc) is 3.16. The quantitative estimate of drug-likeness (QED) is 0.0290. The molecule has 6 unspecified atom stereocenters. The smallest absolute Gasteiger partial charge is 0.306 e. The molecule has 0 bridgehead atoms. The Morgan fingerprint density at radius 3 is 1.75 bits per heavy atom. The van der Waals surface area contributed by atoms with E-state index < -0.39 is 43.4 Å². The largest absolute Gasteiger partial charge is 0.457 e. The molecule has 0 saturated carbocycles. The minimum absolute atomic E-state index is 0.117. The summed E-state index contributed by atoms with van der Waals surface area (Å²) in [5, 5.41) is 40.0. The van der Waals surface area contributed by atoms with Gasteiger partial charge in [0, 0.05) is 13.0 Å². The van der Waals surface area contributed by atoms with Crippen LogP contribution in [-0.2, 0) is 23.7 Å². The van der Waals surface area contributed by atoms with Crippen LogP contribution in [0.15, 0.2) is 60.8 Å². The maximum Gasteiger partial charge on any atom is 0.306 e. The first-order chi connectivity index (χ1) is 25.9. The third-order valence-electron chi connectivity index (χ3n) is 9.17. The van der Waals surface area contributed by atoms with Crippen molar-refractivity contribution in [2.75, 3.05) is 26.4 Å². The van der Waals surface area contributed by atoms with Gasteiger partial charge in [-0.15, -0.1) is 0 Å². The van der Waals surface area contributed by atoms with Gasteiger partial charge in [0.1, 0.15) is 30.5 Å². The van der Waals surface area contributed by atoms with Gasteiger partial charge < -0.3 is 39.4 Å². The lowest BCUT2D eigenvalue weighted by atomic mass is 9.99. The van der Waals surface area contributed by atoms with Crippen LogP contribution in [0.4, 0.5) is 0 Å². The monoisotopic (exact) mass is 749 g/mol. The van der Waals surface area contributed by atoms with Crippen molar-refractivity contribution in [3.05, 3.63) is 60.8 Å². The highest BCUT2D eigenvalue weighted by Crippen LogP contribution is 2.22. The van der Waals surface area contributed by atoms with E-state index in [1.807, 2.05) is 0 Å². The molecule has 1 aliphatic rings. The second-order valence-electron chi connectivity index (χ2n) is 14.0. The summed E-state index contributed by atoms with van der Waals surface area (Å²) in [6.07, 6.45) is 36.7. The van der Waals surface area contributed by atoms with E-state index in [0.29, 0.717) is 13.0 Å². The summed E-state index contributed by atoms with van der Waals surface area (Å²) in [7, 11) is 0. The zero-order valence-electron chi connectivity index (χ0n) is 33.2. The molecule has 0 aromatic heterocycles. The predicted molar refractivity (Wildman–Crippen MR) is 214 cm³/mol. The number of hydrogen-bond acceptors (Lipinski definition) is 9. The minimum atomic E-state index is -1.55. The summed E-state index contributed by atoms with van der Waals surface area (Å²) in [5.74, 6) is -0.337. The second-order valence-corrected chi connectivity index (χ2v) is 14.0. The highest BCUT2D eigenvalue weighted by Gasteiger charge is 2.44. The Labute approximate surface area is 322 Å². The number of hydrogen-bond donors (Lipinski definition) is 4. The fourth-order valence-electron chi connectivity index (χ4n) is 5.89. The van der Waals surface area contributed by atoms with Gasteiger partial charge in [0.05, 0.1) is 19.8 Å². The van der Waals surface area contributed by atoms with Crippen molar-refractivity contribution in [3.63, 3.8) is 0 Å². The van der Waals surface area contributed by atoms with Gasteiger partial charge >= 0.3 is 5.97 Å². The Kier molecular flexibility index (Phi) is 32.8. The fraction of sp³-hybridized carbons (Fsp3) is 0.750. The molecule has 1 aliphatic heterocycles. The second kappa shape index (κ2) is 35.6. The molecule has 0 aromatic carbocycles. The van der Waals surface area contributed by atoms with Crippen molar-refractivity contribution in [3.8, 4) is 0 Å². The van der Waals surface area contributed by atoms with Crippen LogP contribution in [0.25, 0.3) is 0 Å². The van der Waals surface area contributed by atoms with Crippen LogP contribution in [0.5, 0.6) is 0 Å². The number of rotatable bonds is 34. The van der Waals surface area contributed by atoms with Crippen molar-refractivity contribution >= 4 is 5.97 Å². The molecule has 53 heavy (non-hydrogen) atoms. The summed E-state index contributed by atoms with van der Waals surface area (Å²) < 4.78 is 22.7. The molecule has 1 heterocycles. The van der Waals surface area contributed by atoms with Gasteiger partial charge in [-0.05, 0) is 77.0 Å². The molecule has 1 fully saturated rings. The molecular formula is C44H76O9. The Bertz CT molecular complexity index is 989. The Morgan fingerprint density at radius 1 is 0.623 bits per heavy atom. The molecule has 0 aromatic rings. The number of unbranched alkanes of at least 4 members (excludes halogenated alkanes) is 13. The number of allylic oxidation sites excluding steroid dienone is 10. The standard InChI is InChI=1S/C44H76O9/c1-3-5-7-9-11-13-15-17-19-20-22-24-26-28-30-32-34-50-36-38(37-51-44-43(49)42(48)41(47)39(35-45)53-44)52-40(46)33-31-29-27-25-23-21-18-16-14-12-10-8-6-4-2/h5,7,11,13,16-19,22,24,38-39,41-45,47-49H,3-4,6,8-10,12,14-15,20-21,23,25-37H2,1-2H3/b7-5-,13-11-,18-16-,19-17-,24-22-. The van der Waals surface area contributed by atoms with Gasteiger partial charge in [0.25, 0.3) is 0 Å². The summed E-state index contributed by atoms with van der Waals surface area (Å²) in [4.78, 5) is 12.7. The number of aliphatic hydroxyl groups is 4. The van der Waals surface area contributed by atoms with E-state index in [1.165, 1.54) is 38.5 Å². The van der Waals surface area contributed by atoms with Gasteiger partial charge in [-0.2, -0.15) is 0 Å². The first-order valence-corrected chi connectivity index (χ1v) is 20.9. The zero-order valence-corrected chi connectivity index (χ0v) is 33.2. The number of carbonyl (C=O) groups excluding carboxylic acids is 1. The molecular weight excluding hydrogens is 672 g/mol. The van der Waals surface area contributed by atoms with Gasteiger partial charge in [0.15, 0.2) is 6.29 Å². The molecule has 6 atom stereocenters. The highest BCUT2D eigenvalue weighted by molar-refractivity contribution is 5.69. The lowest BCUT2D eigenvalue weighted by Gasteiger charge is -2.39. The van der Waals surface area contributed by atoms with Crippen LogP contribution in [0.3, 0.4) is 0 Å². The van der Waals surface area contributed by atoms with E-state index in [0.717, 1.165) is 89.9 Å². The maximum atomic E-state index is 12.7. The lowest BCUT2D eigenvalue weighted by molar-refractivity contribution is -0.305. The van der Waals surface area contributed by atoms with Crippen LogP contribution in [0, 0.1) is 0 Å². The fourth-order valence-corrected chi connectivity index (χ4v) is 5.89. The van der Waals surface area contributed by atoms with Crippen molar-refractivity contribution in [2.45, 2.75) is 185 Å².